The molecule has 0 aliphatic rings. The van der Waals surface area contributed by atoms with E-state index in [1.807, 2.05) is 41.2 Å². The van der Waals surface area contributed by atoms with E-state index in [9.17, 15) is 9.59 Å². The molecule has 1 heterocycles. The zero-order chi connectivity index (χ0) is 16.2. The number of amides is 1. The Morgan fingerprint density at radius 3 is 2.22 bits per heavy atom. The van der Waals surface area contributed by atoms with Crippen LogP contribution >= 0.6 is 0 Å². The lowest BCUT2D eigenvalue weighted by Crippen LogP contribution is -2.12. The van der Waals surface area contributed by atoms with Gasteiger partial charge in [-0.1, -0.05) is 12.1 Å². The first-order chi connectivity index (χ1) is 11.1. The number of Topliss-reactive ketones (excluding diaryl/α,β-unsaturated/α-hetero) is 1. The molecular formula is C19H16N2O2. The fourth-order valence-corrected chi connectivity index (χ4v) is 2.31. The van der Waals surface area contributed by atoms with Crippen LogP contribution in [0.3, 0.4) is 0 Å². The highest BCUT2D eigenvalue weighted by molar-refractivity contribution is 6.05. The molecule has 1 N–H and O–H groups in total. The fraction of sp³-hybridized carbons (Fsp3) is 0.0526. The van der Waals surface area contributed by atoms with E-state index in [2.05, 4.69) is 5.32 Å². The molecule has 0 saturated heterocycles. The number of nitrogens with one attached hydrogen (secondary N) is 1. The first-order valence-electron chi connectivity index (χ1n) is 7.29. The molecule has 23 heavy (non-hydrogen) atoms. The van der Waals surface area contributed by atoms with Crippen molar-refractivity contribution in [3.05, 3.63) is 84.2 Å². The Hall–Kier alpha value is -3.14. The van der Waals surface area contributed by atoms with Crippen LogP contribution in [0.4, 0.5) is 5.69 Å². The number of carbonyl (C=O) groups is 2. The third-order valence-electron chi connectivity index (χ3n) is 3.56. The number of aromatic nitrogens is 1. The van der Waals surface area contributed by atoms with Gasteiger partial charge in [-0.3, -0.25) is 9.59 Å². The quantitative estimate of drug-likeness (QED) is 0.742. The van der Waals surface area contributed by atoms with Gasteiger partial charge in [0.15, 0.2) is 5.78 Å². The van der Waals surface area contributed by atoms with Crippen LogP contribution in [-0.2, 0) is 0 Å². The molecule has 114 valence electrons. The van der Waals surface area contributed by atoms with Crippen molar-refractivity contribution in [3.63, 3.8) is 0 Å². The third-order valence-corrected chi connectivity index (χ3v) is 3.56. The van der Waals surface area contributed by atoms with Crippen LogP contribution in [0.1, 0.15) is 27.6 Å². The minimum absolute atomic E-state index is 0.0304. The molecule has 0 unspecified atom stereocenters. The zero-order valence-electron chi connectivity index (χ0n) is 12.7. The monoisotopic (exact) mass is 304 g/mol. The number of nitrogens with zero attached hydrogens (tertiary/aromatic N) is 1. The van der Waals surface area contributed by atoms with Gasteiger partial charge < -0.3 is 9.88 Å². The van der Waals surface area contributed by atoms with Crippen molar-refractivity contribution in [2.24, 2.45) is 0 Å². The van der Waals surface area contributed by atoms with E-state index < -0.39 is 0 Å². The molecule has 0 fully saturated rings. The maximum Gasteiger partial charge on any atom is 0.255 e. The van der Waals surface area contributed by atoms with E-state index >= 15 is 0 Å². The predicted octanol–water partition coefficient (Wildman–Crippen LogP) is 3.93. The van der Waals surface area contributed by atoms with Gasteiger partial charge in [0.2, 0.25) is 0 Å². The smallest absolute Gasteiger partial charge is 0.255 e. The number of hydrogen-bond donors (Lipinski definition) is 1. The van der Waals surface area contributed by atoms with Crippen molar-refractivity contribution >= 4 is 17.4 Å². The molecule has 2 aromatic carbocycles. The highest BCUT2D eigenvalue weighted by atomic mass is 16.1. The lowest BCUT2D eigenvalue weighted by atomic mass is 10.1. The van der Waals surface area contributed by atoms with Gasteiger partial charge in [0, 0.05) is 34.9 Å². The molecule has 0 radical (unpaired) electrons. The van der Waals surface area contributed by atoms with Crippen molar-refractivity contribution in [2.45, 2.75) is 6.92 Å². The average molecular weight is 304 g/mol. The Bertz CT molecular complexity index is 834. The van der Waals surface area contributed by atoms with Crippen molar-refractivity contribution in [1.29, 1.82) is 0 Å². The zero-order valence-corrected chi connectivity index (χ0v) is 12.7. The maximum atomic E-state index is 12.3. The lowest BCUT2D eigenvalue weighted by Gasteiger charge is -2.08. The second kappa shape index (κ2) is 6.32. The van der Waals surface area contributed by atoms with E-state index in [0.717, 1.165) is 5.69 Å². The third kappa shape index (κ3) is 3.37. The van der Waals surface area contributed by atoms with E-state index in [1.54, 1.807) is 36.4 Å². The first kappa shape index (κ1) is 14.8. The van der Waals surface area contributed by atoms with Gasteiger partial charge in [-0.05, 0) is 55.5 Å². The SMILES string of the molecule is CC(=O)c1cccc(NC(=O)c2ccc(-n3cccc3)cc2)c1. The number of anilines is 1. The molecule has 0 aliphatic heterocycles. The standard InChI is InChI=1S/C19H16N2O2/c1-14(22)16-5-4-6-17(13-16)20-19(23)15-7-9-18(10-8-15)21-11-2-3-12-21/h2-13H,1H3,(H,20,23). The summed E-state index contributed by atoms with van der Waals surface area (Å²) >= 11 is 0. The van der Waals surface area contributed by atoms with Gasteiger partial charge in [-0.2, -0.15) is 0 Å². The Morgan fingerprint density at radius 2 is 1.57 bits per heavy atom. The molecule has 0 atom stereocenters. The normalized spacial score (nSPS) is 10.3. The number of benzene rings is 2. The number of carbonyl (C=O) groups excluding carboxylic acids is 2. The number of rotatable bonds is 4. The van der Waals surface area contributed by atoms with Crippen LogP contribution in [0.5, 0.6) is 0 Å². The summed E-state index contributed by atoms with van der Waals surface area (Å²) in [6, 6.07) is 18.1. The summed E-state index contributed by atoms with van der Waals surface area (Å²) in [7, 11) is 0. The summed E-state index contributed by atoms with van der Waals surface area (Å²) in [5.41, 5.74) is 2.74. The second-order valence-corrected chi connectivity index (χ2v) is 5.23. The maximum absolute atomic E-state index is 12.3. The molecule has 0 saturated carbocycles. The Balaban J connectivity index is 1.76. The van der Waals surface area contributed by atoms with Crippen molar-refractivity contribution in [2.75, 3.05) is 5.32 Å². The Morgan fingerprint density at radius 1 is 0.870 bits per heavy atom. The largest absolute Gasteiger partial charge is 0.324 e. The van der Waals surface area contributed by atoms with E-state index in [-0.39, 0.29) is 11.7 Å². The lowest BCUT2D eigenvalue weighted by molar-refractivity contribution is 0.101. The van der Waals surface area contributed by atoms with E-state index in [4.69, 9.17) is 0 Å². The van der Waals surface area contributed by atoms with E-state index in [0.29, 0.717) is 16.8 Å². The first-order valence-corrected chi connectivity index (χ1v) is 7.29. The molecule has 0 bridgehead atoms. The molecule has 0 spiro atoms. The molecule has 4 nitrogen and oxygen atoms in total. The van der Waals surface area contributed by atoms with Crippen molar-refractivity contribution < 1.29 is 9.59 Å². The number of ketones is 1. The van der Waals surface area contributed by atoms with Crippen LogP contribution < -0.4 is 5.32 Å². The molecule has 3 rings (SSSR count). The highest BCUT2D eigenvalue weighted by Gasteiger charge is 2.07. The van der Waals surface area contributed by atoms with Crippen LogP contribution in [0, 0.1) is 0 Å². The molecule has 1 aromatic heterocycles. The summed E-state index contributed by atoms with van der Waals surface area (Å²) < 4.78 is 1.97. The minimum Gasteiger partial charge on any atom is -0.324 e. The van der Waals surface area contributed by atoms with Crippen LogP contribution in [0.25, 0.3) is 5.69 Å². The van der Waals surface area contributed by atoms with Crippen LogP contribution in [0.15, 0.2) is 73.1 Å². The van der Waals surface area contributed by atoms with Gasteiger partial charge in [0.25, 0.3) is 5.91 Å². The minimum atomic E-state index is -0.204. The average Bonchev–Trinajstić information content (AvgIpc) is 3.09. The van der Waals surface area contributed by atoms with Gasteiger partial charge in [0.05, 0.1) is 0 Å². The summed E-state index contributed by atoms with van der Waals surface area (Å²) in [6.45, 7) is 1.50. The molecule has 3 aromatic rings. The number of hydrogen-bond acceptors (Lipinski definition) is 2. The van der Waals surface area contributed by atoms with Crippen molar-refractivity contribution in [1.82, 2.24) is 4.57 Å². The Kier molecular flexibility index (Phi) is 4.06. The molecular weight excluding hydrogens is 288 g/mol. The van der Waals surface area contributed by atoms with Gasteiger partial charge >= 0.3 is 0 Å². The Labute approximate surface area is 134 Å². The highest BCUT2D eigenvalue weighted by Crippen LogP contribution is 2.14. The van der Waals surface area contributed by atoms with Gasteiger partial charge in [-0.25, -0.2) is 0 Å². The van der Waals surface area contributed by atoms with Gasteiger partial charge in [0.1, 0.15) is 0 Å². The topological polar surface area (TPSA) is 51.1 Å². The molecule has 1 amide bonds. The predicted molar refractivity (Wildman–Crippen MR) is 90.2 cm³/mol. The van der Waals surface area contributed by atoms with Crippen LogP contribution in [0.2, 0.25) is 0 Å². The summed E-state index contributed by atoms with van der Waals surface area (Å²) in [4.78, 5) is 23.7. The van der Waals surface area contributed by atoms with E-state index in [1.165, 1.54) is 6.92 Å². The second-order valence-electron chi connectivity index (χ2n) is 5.23. The summed E-state index contributed by atoms with van der Waals surface area (Å²) in [5, 5.41) is 2.81. The van der Waals surface area contributed by atoms with Crippen molar-refractivity contribution in [3.8, 4) is 5.69 Å². The summed E-state index contributed by atoms with van der Waals surface area (Å²) in [5.74, 6) is -0.234. The van der Waals surface area contributed by atoms with Crippen LogP contribution in [-0.4, -0.2) is 16.3 Å². The molecule has 0 aliphatic carbocycles. The molecule has 4 heteroatoms. The summed E-state index contributed by atoms with van der Waals surface area (Å²) in [6.07, 6.45) is 3.89. The van der Waals surface area contributed by atoms with Gasteiger partial charge in [-0.15, -0.1) is 0 Å². The fourth-order valence-electron chi connectivity index (χ4n) is 2.31.